The predicted molar refractivity (Wildman–Crippen MR) is 160 cm³/mol. The molecule has 0 bridgehead atoms. The highest BCUT2D eigenvalue weighted by Crippen LogP contribution is 2.39. The molecule has 7 heteroatoms. The molecule has 2 aliphatic rings. The zero-order valence-electron chi connectivity index (χ0n) is 24.3. The molecule has 2 fully saturated rings. The average molecular weight is 560 g/mol. The van der Waals surface area contributed by atoms with Gasteiger partial charge in [-0.25, -0.2) is 9.78 Å². The lowest BCUT2D eigenvalue weighted by molar-refractivity contribution is -0.127. The second-order valence-electron chi connectivity index (χ2n) is 11.6. The van der Waals surface area contributed by atoms with E-state index in [1.165, 1.54) is 10.4 Å². The first-order valence-electron chi connectivity index (χ1n) is 14.6. The topological polar surface area (TPSA) is 71.5 Å². The molecule has 1 aromatic heterocycles. The molecule has 0 spiro atoms. The van der Waals surface area contributed by atoms with Crippen LogP contribution in [0.4, 0.5) is 4.79 Å². The van der Waals surface area contributed by atoms with Crippen LogP contribution in [0.3, 0.4) is 0 Å². The van der Waals surface area contributed by atoms with Crippen molar-refractivity contribution in [1.82, 2.24) is 15.2 Å². The van der Waals surface area contributed by atoms with Gasteiger partial charge in [0.1, 0.15) is 10.8 Å². The highest BCUT2D eigenvalue weighted by Gasteiger charge is 2.35. The van der Waals surface area contributed by atoms with Crippen molar-refractivity contribution in [2.45, 2.75) is 97.7 Å². The van der Waals surface area contributed by atoms with E-state index < -0.39 is 0 Å². The first-order valence-corrected chi connectivity index (χ1v) is 15.4. The Morgan fingerprint density at radius 3 is 2.42 bits per heavy atom. The molecule has 5 rings (SSSR count). The van der Waals surface area contributed by atoms with E-state index in [2.05, 4.69) is 41.5 Å². The largest absolute Gasteiger partial charge is 0.415 e. The van der Waals surface area contributed by atoms with E-state index in [9.17, 15) is 9.59 Å². The minimum Gasteiger partial charge on any atom is -0.410 e. The number of aryl methyl sites for hydroxylation is 3. The number of carbonyl (C=O) groups excluding carboxylic acids is 2. The van der Waals surface area contributed by atoms with Gasteiger partial charge in [-0.2, -0.15) is 0 Å². The van der Waals surface area contributed by atoms with Gasteiger partial charge in [0.05, 0.1) is 11.7 Å². The zero-order chi connectivity index (χ0) is 28.4. The van der Waals surface area contributed by atoms with E-state index >= 15 is 0 Å². The normalized spacial score (nSPS) is 19.6. The zero-order valence-corrected chi connectivity index (χ0v) is 25.1. The molecule has 2 saturated carbocycles. The Morgan fingerprint density at radius 2 is 1.75 bits per heavy atom. The monoisotopic (exact) mass is 559 g/mol. The van der Waals surface area contributed by atoms with Crippen molar-refractivity contribution < 1.29 is 14.3 Å². The van der Waals surface area contributed by atoms with Crippen LogP contribution in [0.2, 0.25) is 0 Å². The number of rotatable bonds is 8. The fourth-order valence-electron chi connectivity index (χ4n) is 5.69. The SMILES string of the molecule is Cc1cccc(OC(=O)N(Cc2ccc([C@H]3CCCC[C@@H]3C(=O)NC(C)c3nc(C)c(C)s3)cc2)C2CC2)c1C. The minimum atomic E-state index is -0.288. The summed E-state index contributed by atoms with van der Waals surface area (Å²) in [5.41, 5.74) is 5.42. The predicted octanol–water partition coefficient (Wildman–Crippen LogP) is 7.69. The third-order valence-electron chi connectivity index (χ3n) is 8.61. The van der Waals surface area contributed by atoms with Gasteiger partial charge in [0.25, 0.3) is 0 Å². The summed E-state index contributed by atoms with van der Waals surface area (Å²) in [5.74, 6) is 0.909. The van der Waals surface area contributed by atoms with Crippen molar-refractivity contribution in [2.75, 3.05) is 0 Å². The molecular weight excluding hydrogens is 518 g/mol. The van der Waals surface area contributed by atoms with Crippen LogP contribution in [0.15, 0.2) is 42.5 Å². The number of hydrogen-bond acceptors (Lipinski definition) is 5. The molecule has 3 atom stereocenters. The highest BCUT2D eigenvalue weighted by atomic mass is 32.1. The summed E-state index contributed by atoms with van der Waals surface area (Å²) >= 11 is 1.66. The van der Waals surface area contributed by atoms with Gasteiger partial charge in [0.15, 0.2) is 0 Å². The van der Waals surface area contributed by atoms with Crippen molar-refractivity contribution in [1.29, 1.82) is 0 Å². The van der Waals surface area contributed by atoms with Crippen LogP contribution < -0.4 is 10.1 Å². The summed E-state index contributed by atoms with van der Waals surface area (Å²) in [4.78, 5) is 34.3. The second-order valence-corrected chi connectivity index (χ2v) is 12.8. The van der Waals surface area contributed by atoms with Crippen LogP contribution in [-0.2, 0) is 11.3 Å². The Kier molecular flexibility index (Phi) is 8.60. The van der Waals surface area contributed by atoms with Crippen LogP contribution in [0.1, 0.15) is 95.2 Å². The van der Waals surface area contributed by atoms with Crippen molar-refractivity contribution in [2.24, 2.45) is 5.92 Å². The quantitative estimate of drug-likeness (QED) is 0.307. The van der Waals surface area contributed by atoms with E-state index in [0.717, 1.165) is 65.9 Å². The maximum absolute atomic E-state index is 13.4. The van der Waals surface area contributed by atoms with Gasteiger partial charge in [-0.1, -0.05) is 49.2 Å². The first-order chi connectivity index (χ1) is 19.2. The third kappa shape index (κ3) is 6.41. The summed E-state index contributed by atoms with van der Waals surface area (Å²) in [6.45, 7) is 10.6. The number of nitrogens with one attached hydrogen (secondary N) is 1. The fourth-order valence-corrected chi connectivity index (χ4v) is 6.62. The van der Waals surface area contributed by atoms with Gasteiger partial charge in [-0.05, 0) is 94.5 Å². The molecule has 0 aliphatic heterocycles. The Hall–Kier alpha value is -3.19. The number of aromatic nitrogens is 1. The molecule has 2 amide bonds. The van der Waals surface area contributed by atoms with E-state index in [0.29, 0.717) is 12.3 Å². The van der Waals surface area contributed by atoms with Gasteiger partial charge >= 0.3 is 6.09 Å². The van der Waals surface area contributed by atoms with Gasteiger partial charge in [0.2, 0.25) is 5.91 Å². The van der Waals surface area contributed by atoms with Crippen molar-refractivity contribution in [3.63, 3.8) is 0 Å². The van der Waals surface area contributed by atoms with Crippen LogP contribution in [0.25, 0.3) is 0 Å². The number of benzene rings is 2. The Morgan fingerprint density at radius 1 is 1.02 bits per heavy atom. The molecular formula is C33H41N3O3S. The number of ether oxygens (including phenoxy) is 1. The average Bonchev–Trinajstić information content (AvgIpc) is 3.73. The molecule has 0 radical (unpaired) electrons. The first kappa shape index (κ1) is 28.3. The Labute approximate surface area is 242 Å². The number of amides is 2. The summed E-state index contributed by atoms with van der Waals surface area (Å²) in [6, 6.07) is 14.5. The lowest BCUT2D eigenvalue weighted by Gasteiger charge is -2.32. The summed E-state index contributed by atoms with van der Waals surface area (Å²) < 4.78 is 5.83. The molecule has 212 valence electrons. The maximum atomic E-state index is 13.4. The number of hydrogen-bond donors (Lipinski definition) is 1. The number of carbonyl (C=O) groups is 2. The van der Waals surface area contributed by atoms with E-state index in [1.54, 1.807) is 11.3 Å². The summed E-state index contributed by atoms with van der Waals surface area (Å²) in [6.07, 6.45) is 5.86. The van der Waals surface area contributed by atoms with Crippen molar-refractivity contribution in [3.8, 4) is 5.75 Å². The standard InChI is InChI=1S/C33H41N3O3S/c1-20-9-8-12-30(21(20)2)39-33(38)36(27-17-18-27)19-25-13-15-26(16-14-25)28-10-6-7-11-29(28)31(37)34-23(4)32-35-22(3)24(5)40-32/h8-9,12-16,23,27-29H,6-7,10-11,17-19H2,1-5H3,(H,34,37)/t23?,28-,29+/m1/s1. The molecule has 6 nitrogen and oxygen atoms in total. The number of nitrogens with zero attached hydrogens (tertiary/aromatic N) is 2. The molecule has 40 heavy (non-hydrogen) atoms. The van der Waals surface area contributed by atoms with E-state index in [1.807, 2.05) is 50.8 Å². The lowest BCUT2D eigenvalue weighted by atomic mass is 9.75. The molecule has 1 unspecified atom stereocenters. The minimum absolute atomic E-state index is 0.0419. The highest BCUT2D eigenvalue weighted by molar-refractivity contribution is 7.11. The molecule has 1 N–H and O–H groups in total. The molecule has 3 aromatic rings. The molecule has 1 heterocycles. The lowest BCUT2D eigenvalue weighted by Crippen LogP contribution is -2.37. The van der Waals surface area contributed by atoms with Gasteiger partial charge < -0.3 is 15.0 Å². The Bertz CT molecular complexity index is 1340. The van der Waals surface area contributed by atoms with Crippen LogP contribution >= 0.6 is 11.3 Å². The van der Waals surface area contributed by atoms with Crippen molar-refractivity contribution in [3.05, 3.63) is 80.3 Å². The van der Waals surface area contributed by atoms with Crippen molar-refractivity contribution >= 4 is 23.3 Å². The van der Waals surface area contributed by atoms with Gasteiger partial charge in [-0.3, -0.25) is 4.79 Å². The maximum Gasteiger partial charge on any atom is 0.415 e. The smallest absolute Gasteiger partial charge is 0.410 e. The van der Waals surface area contributed by atoms with E-state index in [4.69, 9.17) is 4.74 Å². The van der Waals surface area contributed by atoms with E-state index in [-0.39, 0.29) is 35.9 Å². The molecule has 2 aromatic carbocycles. The van der Waals surface area contributed by atoms with Gasteiger partial charge in [-0.15, -0.1) is 11.3 Å². The van der Waals surface area contributed by atoms with Crippen LogP contribution in [0, 0.1) is 33.6 Å². The Balaban J connectivity index is 1.25. The molecule has 0 saturated heterocycles. The summed E-state index contributed by atoms with van der Waals surface area (Å²) in [5, 5.41) is 4.22. The van der Waals surface area contributed by atoms with Gasteiger partial charge in [0, 0.05) is 23.4 Å². The molecule has 2 aliphatic carbocycles. The number of thiazole rings is 1. The van der Waals surface area contributed by atoms with Crippen LogP contribution in [0.5, 0.6) is 5.75 Å². The summed E-state index contributed by atoms with van der Waals surface area (Å²) in [7, 11) is 0. The third-order valence-corrected chi connectivity index (χ3v) is 9.87. The second kappa shape index (κ2) is 12.1. The van der Waals surface area contributed by atoms with Crippen LogP contribution in [-0.4, -0.2) is 27.9 Å². The fraction of sp³-hybridized carbons (Fsp3) is 0.485.